The van der Waals surface area contributed by atoms with Crippen LogP contribution in [-0.2, 0) is 9.47 Å². The number of nitrogen functional groups attached to an aromatic ring is 1. The predicted molar refractivity (Wildman–Crippen MR) is 86.7 cm³/mol. The molecular formula is C15H21BrN2O4. The van der Waals surface area contributed by atoms with Gasteiger partial charge in [0.15, 0.2) is 0 Å². The molecule has 1 rings (SSSR count). The van der Waals surface area contributed by atoms with E-state index in [4.69, 9.17) is 15.2 Å². The van der Waals surface area contributed by atoms with E-state index in [1.807, 2.05) is 0 Å². The number of hydrogen-bond acceptors (Lipinski definition) is 6. The van der Waals surface area contributed by atoms with E-state index in [0.717, 1.165) is 0 Å². The molecule has 0 aromatic carbocycles. The minimum Gasteiger partial charge on any atom is -0.456 e. The summed E-state index contributed by atoms with van der Waals surface area (Å²) in [5.74, 6) is -1.47. The minimum absolute atomic E-state index is 0.0172. The molecule has 122 valence electrons. The maximum atomic E-state index is 12.3. The van der Waals surface area contributed by atoms with Crippen molar-refractivity contribution in [2.45, 2.75) is 52.7 Å². The Morgan fingerprint density at radius 3 is 1.95 bits per heavy atom. The van der Waals surface area contributed by atoms with Crippen LogP contribution in [0.2, 0.25) is 0 Å². The second kappa shape index (κ2) is 6.24. The van der Waals surface area contributed by atoms with Gasteiger partial charge in [0.1, 0.15) is 27.2 Å². The van der Waals surface area contributed by atoms with Gasteiger partial charge in [0, 0.05) is 0 Å². The zero-order valence-corrected chi connectivity index (χ0v) is 15.2. The zero-order valence-electron chi connectivity index (χ0n) is 13.6. The first-order valence-corrected chi connectivity index (χ1v) is 7.52. The van der Waals surface area contributed by atoms with E-state index in [9.17, 15) is 9.59 Å². The van der Waals surface area contributed by atoms with Gasteiger partial charge in [-0.2, -0.15) is 0 Å². The quantitative estimate of drug-likeness (QED) is 0.632. The summed E-state index contributed by atoms with van der Waals surface area (Å²) in [6, 6.07) is 1.39. The summed E-state index contributed by atoms with van der Waals surface area (Å²) in [6.45, 7) is 10.4. The van der Waals surface area contributed by atoms with Crippen molar-refractivity contribution in [1.82, 2.24) is 4.98 Å². The van der Waals surface area contributed by atoms with E-state index in [-0.39, 0.29) is 16.9 Å². The van der Waals surface area contributed by atoms with Crippen LogP contribution in [-0.4, -0.2) is 28.1 Å². The van der Waals surface area contributed by atoms with Crippen molar-refractivity contribution < 1.29 is 19.1 Å². The number of ether oxygens (including phenoxy) is 2. The van der Waals surface area contributed by atoms with Crippen molar-refractivity contribution in [2.24, 2.45) is 0 Å². The van der Waals surface area contributed by atoms with Crippen LogP contribution >= 0.6 is 15.9 Å². The molecule has 7 heteroatoms. The highest BCUT2D eigenvalue weighted by molar-refractivity contribution is 9.10. The van der Waals surface area contributed by atoms with E-state index in [1.165, 1.54) is 6.07 Å². The van der Waals surface area contributed by atoms with E-state index < -0.39 is 23.1 Å². The molecule has 0 fully saturated rings. The lowest BCUT2D eigenvalue weighted by molar-refractivity contribution is 0.00190. The van der Waals surface area contributed by atoms with Gasteiger partial charge in [-0.25, -0.2) is 14.6 Å². The fourth-order valence-electron chi connectivity index (χ4n) is 1.57. The van der Waals surface area contributed by atoms with Crippen LogP contribution < -0.4 is 5.73 Å². The molecule has 6 nitrogen and oxygen atoms in total. The molecule has 0 aliphatic carbocycles. The Bertz CT molecular complexity index is 601. The summed E-state index contributed by atoms with van der Waals surface area (Å²) in [7, 11) is 0. The molecule has 1 heterocycles. The fourth-order valence-corrected chi connectivity index (χ4v) is 1.99. The number of pyridine rings is 1. The number of nitrogens with two attached hydrogens (primary N) is 1. The number of halogens is 1. The average Bonchev–Trinajstić information content (AvgIpc) is 2.22. The molecule has 0 bridgehead atoms. The molecule has 22 heavy (non-hydrogen) atoms. The summed E-state index contributed by atoms with van der Waals surface area (Å²) in [5, 5.41) is 0. The lowest BCUT2D eigenvalue weighted by Gasteiger charge is -2.23. The summed E-state index contributed by atoms with van der Waals surface area (Å²) >= 11 is 3.15. The highest BCUT2D eigenvalue weighted by atomic mass is 79.9. The lowest BCUT2D eigenvalue weighted by atomic mass is 10.1. The van der Waals surface area contributed by atoms with E-state index in [0.29, 0.717) is 4.60 Å². The van der Waals surface area contributed by atoms with Crippen LogP contribution in [0.1, 0.15) is 62.3 Å². The number of anilines is 1. The van der Waals surface area contributed by atoms with Crippen molar-refractivity contribution in [3.8, 4) is 0 Å². The molecule has 0 spiro atoms. The zero-order chi connectivity index (χ0) is 17.3. The first-order valence-electron chi connectivity index (χ1n) is 6.73. The Hall–Kier alpha value is -1.63. The maximum absolute atomic E-state index is 12.3. The topological polar surface area (TPSA) is 91.5 Å². The van der Waals surface area contributed by atoms with E-state index in [2.05, 4.69) is 20.9 Å². The van der Waals surface area contributed by atoms with Crippen LogP contribution in [0.4, 0.5) is 5.82 Å². The number of aromatic nitrogens is 1. The smallest absolute Gasteiger partial charge is 0.343 e. The average molecular weight is 373 g/mol. The Morgan fingerprint density at radius 2 is 1.50 bits per heavy atom. The van der Waals surface area contributed by atoms with Crippen molar-refractivity contribution >= 4 is 33.7 Å². The molecule has 0 unspecified atom stereocenters. The molecule has 0 saturated carbocycles. The van der Waals surface area contributed by atoms with Crippen molar-refractivity contribution in [1.29, 1.82) is 0 Å². The highest BCUT2D eigenvalue weighted by Gasteiger charge is 2.29. The van der Waals surface area contributed by atoms with Crippen molar-refractivity contribution in [3.05, 3.63) is 21.8 Å². The summed E-state index contributed by atoms with van der Waals surface area (Å²) in [5.41, 5.74) is 4.30. The lowest BCUT2D eigenvalue weighted by Crippen LogP contribution is -2.29. The Morgan fingerprint density at radius 1 is 1.05 bits per heavy atom. The minimum atomic E-state index is -0.720. The van der Waals surface area contributed by atoms with Crippen LogP contribution in [0, 0.1) is 0 Å². The normalized spacial score (nSPS) is 12.0. The van der Waals surface area contributed by atoms with E-state index in [1.54, 1.807) is 41.5 Å². The Labute approximate surface area is 138 Å². The summed E-state index contributed by atoms with van der Waals surface area (Å²) in [4.78, 5) is 28.6. The molecule has 0 radical (unpaired) electrons. The fraction of sp³-hybridized carbons (Fsp3) is 0.533. The molecule has 0 aliphatic rings. The third-order valence-electron chi connectivity index (χ3n) is 2.24. The first kappa shape index (κ1) is 18.4. The van der Waals surface area contributed by atoms with Gasteiger partial charge in [-0.1, -0.05) is 0 Å². The standard InChI is InChI=1S/C15H21BrN2O4/c1-14(2,3)21-12(19)8-7-9(16)18-11(17)10(8)13(20)22-15(4,5)6/h7H,1-6H3,(H2,17,18). The largest absolute Gasteiger partial charge is 0.456 e. The van der Waals surface area contributed by atoms with Crippen molar-refractivity contribution in [2.75, 3.05) is 5.73 Å². The van der Waals surface area contributed by atoms with Gasteiger partial charge < -0.3 is 15.2 Å². The van der Waals surface area contributed by atoms with Gasteiger partial charge in [0.05, 0.1) is 5.56 Å². The highest BCUT2D eigenvalue weighted by Crippen LogP contribution is 2.25. The van der Waals surface area contributed by atoms with E-state index >= 15 is 0 Å². The second-order valence-electron chi connectivity index (χ2n) is 6.76. The summed E-state index contributed by atoms with van der Waals surface area (Å²) in [6.07, 6.45) is 0. The second-order valence-corrected chi connectivity index (χ2v) is 7.57. The summed E-state index contributed by atoms with van der Waals surface area (Å²) < 4.78 is 10.9. The predicted octanol–water partition coefficient (Wildman–Crippen LogP) is 3.34. The first-order chi connectivity index (χ1) is 9.80. The Kier molecular flexibility index (Phi) is 5.22. The molecule has 1 aromatic rings. The number of esters is 2. The third kappa shape index (κ3) is 5.29. The molecular weight excluding hydrogens is 352 g/mol. The molecule has 0 atom stereocenters. The number of hydrogen-bond donors (Lipinski definition) is 1. The van der Waals surface area contributed by atoms with Crippen LogP contribution in [0.25, 0.3) is 0 Å². The monoisotopic (exact) mass is 372 g/mol. The van der Waals surface area contributed by atoms with Crippen LogP contribution in [0.15, 0.2) is 10.7 Å². The molecule has 0 amide bonds. The molecule has 2 N–H and O–H groups in total. The maximum Gasteiger partial charge on any atom is 0.343 e. The molecule has 0 saturated heterocycles. The number of nitrogens with zero attached hydrogens (tertiary/aromatic N) is 1. The number of rotatable bonds is 2. The van der Waals surface area contributed by atoms with Gasteiger partial charge in [-0.15, -0.1) is 0 Å². The molecule has 0 aliphatic heterocycles. The van der Waals surface area contributed by atoms with Gasteiger partial charge >= 0.3 is 11.9 Å². The van der Waals surface area contributed by atoms with Crippen LogP contribution in [0.3, 0.4) is 0 Å². The van der Waals surface area contributed by atoms with Crippen molar-refractivity contribution in [3.63, 3.8) is 0 Å². The number of carbonyl (C=O) groups excluding carboxylic acids is 2. The van der Waals surface area contributed by atoms with Gasteiger partial charge in [-0.3, -0.25) is 0 Å². The molecule has 1 aromatic heterocycles. The van der Waals surface area contributed by atoms with Gasteiger partial charge in [0.2, 0.25) is 0 Å². The van der Waals surface area contributed by atoms with Gasteiger partial charge in [0.25, 0.3) is 0 Å². The third-order valence-corrected chi connectivity index (χ3v) is 2.64. The Balaban J connectivity index is 3.32. The van der Waals surface area contributed by atoms with Gasteiger partial charge in [-0.05, 0) is 63.5 Å². The number of carbonyl (C=O) groups is 2. The SMILES string of the molecule is CC(C)(C)OC(=O)c1cc(Br)nc(N)c1C(=O)OC(C)(C)C. The van der Waals surface area contributed by atoms with Crippen LogP contribution in [0.5, 0.6) is 0 Å².